The number of hydrogen-bond acceptors (Lipinski definition) is 2. The van der Waals surface area contributed by atoms with Gasteiger partial charge in [-0.2, -0.15) is 0 Å². The second-order valence-corrected chi connectivity index (χ2v) is 7.44. The van der Waals surface area contributed by atoms with Crippen molar-refractivity contribution in [1.82, 2.24) is 4.90 Å². The van der Waals surface area contributed by atoms with E-state index >= 15 is 0 Å². The van der Waals surface area contributed by atoms with Gasteiger partial charge in [0.1, 0.15) is 0 Å². The number of likely N-dealkylation sites (tertiary alicyclic amines) is 1. The van der Waals surface area contributed by atoms with E-state index in [1.807, 2.05) is 0 Å². The number of benzene rings is 1. The standard InChI is InChI=1S/C18H29BrN2/c1-5-8-21-9-6-16(7-10-21)15(4)20-18-13(2)11-17(19)12-14(18)3/h11-12,15-16,20H,5-10H2,1-4H3. The topological polar surface area (TPSA) is 15.3 Å². The molecule has 0 aromatic heterocycles. The van der Waals surface area contributed by atoms with Crippen LogP contribution in [-0.2, 0) is 0 Å². The molecule has 0 saturated carbocycles. The molecule has 118 valence electrons. The summed E-state index contributed by atoms with van der Waals surface area (Å²) >= 11 is 3.58. The molecule has 1 aliphatic rings. The minimum absolute atomic E-state index is 0.548. The molecule has 3 heteroatoms. The van der Waals surface area contributed by atoms with Crippen molar-refractivity contribution in [2.45, 2.75) is 53.0 Å². The largest absolute Gasteiger partial charge is 0.382 e. The van der Waals surface area contributed by atoms with Crippen molar-refractivity contribution in [3.63, 3.8) is 0 Å². The minimum atomic E-state index is 0.548. The van der Waals surface area contributed by atoms with Crippen LogP contribution in [0.3, 0.4) is 0 Å². The van der Waals surface area contributed by atoms with E-state index in [1.165, 1.54) is 60.2 Å². The molecule has 1 saturated heterocycles. The summed E-state index contributed by atoms with van der Waals surface area (Å²) in [5.74, 6) is 0.792. The number of nitrogens with zero attached hydrogens (tertiary/aromatic N) is 1. The van der Waals surface area contributed by atoms with E-state index in [0.29, 0.717) is 6.04 Å². The summed E-state index contributed by atoms with van der Waals surface area (Å²) < 4.78 is 1.17. The summed E-state index contributed by atoms with van der Waals surface area (Å²) in [5.41, 5.74) is 3.98. The van der Waals surface area contributed by atoms with Crippen molar-refractivity contribution in [2.24, 2.45) is 5.92 Å². The lowest BCUT2D eigenvalue weighted by molar-refractivity contribution is 0.176. The van der Waals surface area contributed by atoms with Crippen molar-refractivity contribution in [2.75, 3.05) is 25.0 Å². The van der Waals surface area contributed by atoms with E-state index < -0.39 is 0 Å². The fourth-order valence-electron chi connectivity index (χ4n) is 3.48. The van der Waals surface area contributed by atoms with Crippen molar-refractivity contribution < 1.29 is 0 Å². The van der Waals surface area contributed by atoms with Gasteiger partial charge in [-0.15, -0.1) is 0 Å². The predicted octanol–water partition coefficient (Wildman–Crippen LogP) is 4.99. The highest BCUT2D eigenvalue weighted by atomic mass is 79.9. The third-order valence-electron chi connectivity index (χ3n) is 4.75. The van der Waals surface area contributed by atoms with Crippen LogP contribution in [0.15, 0.2) is 16.6 Å². The molecule has 0 bridgehead atoms. The molecular formula is C18H29BrN2. The van der Waals surface area contributed by atoms with Crippen LogP contribution in [0.5, 0.6) is 0 Å². The highest BCUT2D eigenvalue weighted by molar-refractivity contribution is 9.10. The summed E-state index contributed by atoms with van der Waals surface area (Å²) in [4.78, 5) is 2.61. The van der Waals surface area contributed by atoms with Gasteiger partial charge in [0.05, 0.1) is 0 Å². The van der Waals surface area contributed by atoms with Crippen LogP contribution >= 0.6 is 15.9 Å². The highest BCUT2D eigenvalue weighted by Crippen LogP contribution is 2.29. The second-order valence-electron chi connectivity index (χ2n) is 6.53. The van der Waals surface area contributed by atoms with Gasteiger partial charge in [0.2, 0.25) is 0 Å². The van der Waals surface area contributed by atoms with Crippen LogP contribution < -0.4 is 5.32 Å². The minimum Gasteiger partial charge on any atom is -0.382 e. The van der Waals surface area contributed by atoms with Crippen molar-refractivity contribution in [3.05, 3.63) is 27.7 Å². The van der Waals surface area contributed by atoms with Crippen LogP contribution in [0.25, 0.3) is 0 Å². The zero-order chi connectivity index (χ0) is 15.4. The summed E-state index contributed by atoms with van der Waals surface area (Å²) in [6, 6.07) is 4.95. The number of anilines is 1. The first-order chi connectivity index (χ1) is 10.0. The zero-order valence-electron chi connectivity index (χ0n) is 13.9. The van der Waals surface area contributed by atoms with E-state index in [1.54, 1.807) is 0 Å². The van der Waals surface area contributed by atoms with Gasteiger partial charge in [0.15, 0.2) is 0 Å². The summed E-state index contributed by atoms with van der Waals surface area (Å²) in [7, 11) is 0. The lowest BCUT2D eigenvalue weighted by atomic mass is 9.89. The molecule has 1 aromatic rings. The first-order valence-electron chi connectivity index (χ1n) is 8.27. The van der Waals surface area contributed by atoms with Gasteiger partial charge in [0, 0.05) is 16.2 Å². The number of nitrogens with one attached hydrogen (secondary N) is 1. The van der Waals surface area contributed by atoms with Crippen LogP contribution in [0.2, 0.25) is 0 Å². The van der Waals surface area contributed by atoms with Gasteiger partial charge in [-0.25, -0.2) is 0 Å². The summed E-state index contributed by atoms with van der Waals surface area (Å²) in [5, 5.41) is 3.78. The Morgan fingerprint density at radius 1 is 1.24 bits per heavy atom. The van der Waals surface area contributed by atoms with E-state index in [2.05, 4.69) is 66.0 Å². The molecule has 2 nitrogen and oxygen atoms in total. The summed E-state index contributed by atoms with van der Waals surface area (Å²) in [6.45, 7) is 12.8. The molecule has 1 aliphatic heterocycles. The monoisotopic (exact) mass is 352 g/mol. The number of aryl methyl sites for hydroxylation is 2. The third kappa shape index (κ3) is 4.46. The molecule has 0 amide bonds. The first-order valence-corrected chi connectivity index (χ1v) is 9.06. The van der Waals surface area contributed by atoms with Crippen LogP contribution in [0.4, 0.5) is 5.69 Å². The van der Waals surface area contributed by atoms with Gasteiger partial charge >= 0.3 is 0 Å². The first kappa shape index (κ1) is 16.8. The molecule has 1 aromatic carbocycles. The molecule has 1 heterocycles. The maximum Gasteiger partial charge on any atom is 0.0402 e. The molecular weight excluding hydrogens is 324 g/mol. The van der Waals surface area contributed by atoms with Crippen molar-refractivity contribution in [3.8, 4) is 0 Å². The Morgan fingerprint density at radius 3 is 2.33 bits per heavy atom. The lowest BCUT2D eigenvalue weighted by Gasteiger charge is -2.35. The SMILES string of the molecule is CCCN1CCC(C(C)Nc2c(C)cc(Br)cc2C)CC1. The number of halogens is 1. The maximum atomic E-state index is 3.78. The Morgan fingerprint density at radius 2 is 1.81 bits per heavy atom. The molecule has 0 radical (unpaired) electrons. The van der Waals surface area contributed by atoms with Gasteiger partial charge in [-0.05, 0) is 88.8 Å². The zero-order valence-corrected chi connectivity index (χ0v) is 15.5. The van der Waals surface area contributed by atoms with Crippen LogP contribution in [-0.4, -0.2) is 30.6 Å². The normalized spacial score (nSPS) is 18.7. The average Bonchev–Trinajstić information content (AvgIpc) is 2.43. The molecule has 21 heavy (non-hydrogen) atoms. The van der Waals surface area contributed by atoms with Gasteiger partial charge in [0.25, 0.3) is 0 Å². The Kier molecular flexibility index (Phi) is 6.12. The van der Waals surface area contributed by atoms with Gasteiger partial charge < -0.3 is 10.2 Å². The van der Waals surface area contributed by atoms with Gasteiger partial charge in [-0.3, -0.25) is 0 Å². The predicted molar refractivity (Wildman–Crippen MR) is 96.2 cm³/mol. The number of piperidine rings is 1. The fourth-order valence-corrected chi connectivity index (χ4v) is 4.16. The van der Waals surface area contributed by atoms with E-state index in [0.717, 1.165) is 5.92 Å². The quantitative estimate of drug-likeness (QED) is 0.802. The molecule has 1 N–H and O–H groups in total. The lowest BCUT2D eigenvalue weighted by Crippen LogP contribution is -2.39. The number of rotatable bonds is 5. The molecule has 2 rings (SSSR count). The van der Waals surface area contributed by atoms with E-state index in [-0.39, 0.29) is 0 Å². The smallest absolute Gasteiger partial charge is 0.0402 e. The molecule has 1 unspecified atom stereocenters. The van der Waals surface area contributed by atoms with E-state index in [4.69, 9.17) is 0 Å². The van der Waals surface area contributed by atoms with Crippen molar-refractivity contribution >= 4 is 21.6 Å². The van der Waals surface area contributed by atoms with Crippen LogP contribution in [0.1, 0.15) is 44.2 Å². The molecule has 0 aliphatic carbocycles. The van der Waals surface area contributed by atoms with E-state index in [9.17, 15) is 0 Å². The van der Waals surface area contributed by atoms with Crippen LogP contribution in [0, 0.1) is 19.8 Å². The Balaban J connectivity index is 1.95. The number of hydrogen-bond donors (Lipinski definition) is 1. The molecule has 1 fully saturated rings. The fraction of sp³-hybridized carbons (Fsp3) is 0.667. The second kappa shape index (κ2) is 7.64. The average molecular weight is 353 g/mol. The van der Waals surface area contributed by atoms with Crippen molar-refractivity contribution in [1.29, 1.82) is 0 Å². The Hall–Kier alpha value is -0.540. The Labute approximate surface area is 138 Å². The summed E-state index contributed by atoms with van der Waals surface area (Å²) in [6.07, 6.45) is 3.92. The Bertz CT molecular complexity index is 441. The van der Waals surface area contributed by atoms with Gasteiger partial charge in [-0.1, -0.05) is 22.9 Å². The maximum absolute atomic E-state index is 3.78. The molecule has 1 atom stereocenters. The molecule has 0 spiro atoms. The highest BCUT2D eigenvalue weighted by Gasteiger charge is 2.24. The third-order valence-corrected chi connectivity index (χ3v) is 5.21.